The predicted molar refractivity (Wildman–Crippen MR) is 83.6 cm³/mol. The van der Waals surface area contributed by atoms with E-state index in [1.54, 1.807) is 0 Å². The summed E-state index contributed by atoms with van der Waals surface area (Å²) in [5, 5.41) is 11.2. The van der Waals surface area contributed by atoms with E-state index in [0.29, 0.717) is 0 Å². The van der Waals surface area contributed by atoms with E-state index >= 15 is 0 Å². The SMILES string of the molecule is CN(C)C/C=C\C(O)(c1ccccc1)c1ccccc1. The van der Waals surface area contributed by atoms with Gasteiger partial charge in [-0.1, -0.05) is 66.7 Å². The molecule has 0 bridgehead atoms. The van der Waals surface area contributed by atoms with Gasteiger partial charge in [0, 0.05) is 6.54 Å². The van der Waals surface area contributed by atoms with Gasteiger partial charge in [-0.2, -0.15) is 0 Å². The van der Waals surface area contributed by atoms with E-state index in [1.165, 1.54) is 0 Å². The Balaban J connectivity index is 2.41. The van der Waals surface area contributed by atoms with Crippen LogP contribution in [0.5, 0.6) is 0 Å². The highest BCUT2D eigenvalue weighted by Gasteiger charge is 2.27. The molecule has 0 atom stereocenters. The molecule has 0 radical (unpaired) electrons. The average Bonchev–Trinajstić information content (AvgIpc) is 2.48. The summed E-state index contributed by atoms with van der Waals surface area (Å²) in [5.41, 5.74) is 0.667. The van der Waals surface area contributed by atoms with Crippen molar-refractivity contribution in [3.63, 3.8) is 0 Å². The van der Waals surface area contributed by atoms with Crippen LogP contribution in [-0.4, -0.2) is 30.6 Å². The molecule has 2 nitrogen and oxygen atoms in total. The molecule has 2 aromatic rings. The normalized spacial score (nSPS) is 12.2. The average molecular weight is 267 g/mol. The maximum atomic E-state index is 11.2. The maximum absolute atomic E-state index is 11.2. The molecule has 104 valence electrons. The highest BCUT2D eigenvalue weighted by atomic mass is 16.3. The van der Waals surface area contributed by atoms with E-state index in [1.807, 2.05) is 86.9 Å². The second kappa shape index (κ2) is 6.51. The molecule has 2 heteroatoms. The first-order chi connectivity index (χ1) is 9.63. The van der Waals surface area contributed by atoms with Gasteiger partial charge in [0.15, 0.2) is 0 Å². The molecule has 1 N–H and O–H groups in total. The van der Waals surface area contributed by atoms with Crippen LogP contribution in [0.2, 0.25) is 0 Å². The first-order valence-electron chi connectivity index (χ1n) is 6.79. The number of aliphatic hydroxyl groups is 1. The number of nitrogens with zero attached hydrogens (tertiary/aromatic N) is 1. The van der Waals surface area contributed by atoms with Crippen molar-refractivity contribution in [2.45, 2.75) is 5.60 Å². The molecule has 0 spiro atoms. The van der Waals surface area contributed by atoms with E-state index in [2.05, 4.69) is 4.90 Å². The zero-order valence-corrected chi connectivity index (χ0v) is 12.0. The van der Waals surface area contributed by atoms with Gasteiger partial charge in [0.2, 0.25) is 0 Å². The molecule has 0 saturated heterocycles. The molecule has 2 aromatic carbocycles. The molecule has 0 aliphatic rings. The maximum Gasteiger partial charge on any atom is 0.133 e. The number of hydrogen-bond donors (Lipinski definition) is 1. The molecular weight excluding hydrogens is 246 g/mol. The Hall–Kier alpha value is -1.90. The third kappa shape index (κ3) is 3.35. The summed E-state index contributed by atoms with van der Waals surface area (Å²) < 4.78 is 0. The lowest BCUT2D eigenvalue weighted by Crippen LogP contribution is -2.25. The number of hydrogen-bond acceptors (Lipinski definition) is 2. The number of rotatable bonds is 5. The van der Waals surface area contributed by atoms with Gasteiger partial charge >= 0.3 is 0 Å². The van der Waals surface area contributed by atoms with Crippen LogP contribution < -0.4 is 0 Å². The minimum absolute atomic E-state index is 0.794. The fraction of sp³-hybridized carbons (Fsp3) is 0.222. The van der Waals surface area contributed by atoms with Crippen LogP contribution >= 0.6 is 0 Å². The summed E-state index contributed by atoms with van der Waals surface area (Å²) in [5.74, 6) is 0. The second-order valence-electron chi connectivity index (χ2n) is 5.16. The molecule has 0 aliphatic heterocycles. The Morgan fingerprint density at radius 3 is 1.75 bits per heavy atom. The summed E-state index contributed by atoms with van der Waals surface area (Å²) in [6, 6.07) is 19.5. The Labute approximate surface area is 121 Å². The zero-order chi connectivity index (χ0) is 14.4. The largest absolute Gasteiger partial charge is 0.377 e. The summed E-state index contributed by atoms with van der Waals surface area (Å²) >= 11 is 0. The van der Waals surface area contributed by atoms with Crippen molar-refractivity contribution < 1.29 is 5.11 Å². The second-order valence-corrected chi connectivity index (χ2v) is 5.16. The lowest BCUT2D eigenvalue weighted by Gasteiger charge is -2.26. The van der Waals surface area contributed by atoms with Crippen LogP contribution in [-0.2, 0) is 5.60 Å². The molecule has 0 fully saturated rings. The monoisotopic (exact) mass is 267 g/mol. The van der Waals surface area contributed by atoms with Crippen LogP contribution in [0.15, 0.2) is 72.8 Å². The van der Waals surface area contributed by atoms with Crippen LogP contribution in [0, 0.1) is 0 Å². The molecule has 20 heavy (non-hydrogen) atoms. The van der Waals surface area contributed by atoms with Crippen LogP contribution in [0.25, 0.3) is 0 Å². The fourth-order valence-electron chi connectivity index (χ4n) is 2.18. The Bertz CT molecular complexity index is 507. The Morgan fingerprint density at radius 1 is 0.900 bits per heavy atom. The zero-order valence-electron chi connectivity index (χ0n) is 12.0. The Kier molecular flexibility index (Phi) is 4.72. The minimum Gasteiger partial charge on any atom is -0.377 e. The van der Waals surface area contributed by atoms with Crippen LogP contribution in [0.4, 0.5) is 0 Å². The highest BCUT2D eigenvalue weighted by molar-refractivity contribution is 5.40. The molecule has 2 rings (SSSR count). The van der Waals surface area contributed by atoms with Gasteiger partial charge in [0.1, 0.15) is 5.60 Å². The third-order valence-corrected chi connectivity index (χ3v) is 3.26. The molecule has 0 unspecified atom stereocenters. The lowest BCUT2D eigenvalue weighted by atomic mass is 9.86. The Morgan fingerprint density at radius 2 is 1.35 bits per heavy atom. The van der Waals surface area contributed by atoms with Gasteiger partial charge < -0.3 is 10.0 Å². The quantitative estimate of drug-likeness (QED) is 0.842. The molecular formula is C18H21NO. The van der Waals surface area contributed by atoms with E-state index in [-0.39, 0.29) is 0 Å². The summed E-state index contributed by atoms with van der Waals surface area (Å²) in [4.78, 5) is 2.06. The van der Waals surface area contributed by atoms with Gasteiger partial charge in [0.25, 0.3) is 0 Å². The smallest absolute Gasteiger partial charge is 0.133 e. The van der Waals surface area contributed by atoms with E-state index < -0.39 is 5.60 Å². The van der Waals surface area contributed by atoms with E-state index in [9.17, 15) is 5.11 Å². The van der Waals surface area contributed by atoms with Crippen molar-refractivity contribution in [2.24, 2.45) is 0 Å². The molecule has 0 aromatic heterocycles. The fourth-order valence-corrected chi connectivity index (χ4v) is 2.18. The van der Waals surface area contributed by atoms with Crippen molar-refractivity contribution in [1.29, 1.82) is 0 Å². The van der Waals surface area contributed by atoms with Crippen molar-refractivity contribution in [1.82, 2.24) is 4.90 Å². The summed E-state index contributed by atoms with van der Waals surface area (Å²) in [7, 11) is 4.02. The van der Waals surface area contributed by atoms with Crippen molar-refractivity contribution in [3.05, 3.63) is 83.9 Å². The molecule has 0 saturated carbocycles. The highest BCUT2D eigenvalue weighted by Crippen LogP contribution is 2.30. The lowest BCUT2D eigenvalue weighted by molar-refractivity contribution is 0.134. The first-order valence-corrected chi connectivity index (χ1v) is 6.79. The molecule has 0 heterocycles. The molecule has 0 amide bonds. The van der Waals surface area contributed by atoms with Gasteiger partial charge in [-0.25, -0.2) is 0 Å². The van der Waals surface area contributed by atoms with Gasteiger partial charge in [-0.15, -0.1) is 0 Å². The molecule has 0 aliphatic carbocycles. The summed E-state index contributed by atoms with van der Waals surface area (Å²) in [6.45, 7) is 0.794. The van der Waals surface area contributed by atoms with Crippen molar-refractivity contribution in [3.8, 4) is 0 Å². The van der Waals surface area contributed by atoms with Crippen molar-refractivity contribution >= 4 is 0 Å². The standard InChI is InChI=1S/C18H21NO/c1-19(2)15-9-14-18(20,16-10-5-3-6-11-16)17-12-7-4-8-13-17/h3-14,20H,15H2,1-2H3/b14-9-. The van der Waals surface area contributed by atoms with Gasteiger partial charge in [0.05, 0.1) is 0 Å². The minimum atomic E-state index is -1.08. The predicted octanol–water partition coefficient (Wildman–Crippen LogP) is 3.04. The number of benzene rings is 2. The van der Waals surface area contributed by atoms with Crippen LogP contribution in [0.1, 0.15) is 11.1 Å². The topological polar surface area (TPSA) is 23.5 Å². The van der Waals surface area contributed by atoms with E-state index in [4.69, 9.17) is 0 Å². The number of likely N-dealkylation sites (N-methyl/N-ethyl adjacent to an activating group) is 1. The third-order valence-electron chi connectivity index (χ3n) is 3.26. The van der Waals surface area contributed by atoms with Gasteiger partial charge in [-0.05, 0) is 31.3 Å². The summed E-state index contributed by atoms with van der Waals surface area (Å²) in [6.07, 6.45) is 3.87. The first kappa shape index (κ1) is 14.5. The van der Waals surface area contributed by atoms with Gasteiger partial charge in [-0.3, -0.25) is 0 Å². The van der Waals surface area contributed by atoms with E-state index in [0.717, 1.165) is 17.7 Å². The van der Waals surface area contributed by atoms with Crippen LogP contribution in [0.3, 0.4) is 0 Å². The van der Waals surface area contributed by atoms with Crippen molar-refractivity contribution in [2.75, 3.05) is 20.6 Å².